The third-order valence-corrected chi connectivity index (χ3v) is 7.07. The van der Waals surface area contributed by atoms with Crippen molar-refractivity contribution < 1.29 is 29.3 Å². The van der Waals surface area contributed by atoms with Crippen LogP contribution in [0.1, 0.15) is 59.9 Å². The lowest BCUT2D eigenvalue weighted by atomic mass is 9.96. The first-order valence-electron chi connectivity index (χ1n) is 11.6. The number of rotatable bonds is 13. The van der Waals surface area contributed by atoms with Crippen LogP contribution in [0.5, 0.6) is 11.8 Å². The summed E-state index contributed by atoms with van der Waals surface area (Å²) in [7, 11) is -2.48. The van der Waals surface area contributed by atoms with Crippen LogP contribution in [-0.2, 0) is 26.9 Å². The van der Waals surface area contributed by atoms with Crippen LogP contribution in [0.3, 0.4) is 0 Å². The molecule has 0 saturated heterocycles. The van der Waals surface area contributed by atoms with Gasteiger partial charge in [0.25, 0.3) is 0 Å². The molecule has 9 nitrogen and oxygen atoms in total. The fraction of sp³-hybridized carbons (Fsp3) is 0.739. The minimum Gasteiger partial charge on any atom is -0.494 e. The van der Waals surface area contributed by atoms with Gasteiger partial charge in [-0.05, 0) is 37.0 Å². The van der Waals surface area contributed by atoms with Crippen LogP contribution in [0, 0.1) is 23.7 Å². The number of aromatic hydroxyl groups is 2. The molecule has 10 heteroatoms. The Bertz CT molecular complexity index is 849. The van der Waals surface area contributed by atoms with E-state index in [1.165, 1.54) is 13.1 Å². The average molecular weight is 488 g/mol. The van der Waals surface area contributed by atoms with Crippen molar-refractivity contribution in [1.29, 1.82) is 0 Å². The van der Waals surface area contributed by atoms with Gasteiger partial charge in [0.15, 0.2) is 11.8 Å². The number of nitrogens with zero attached hydrogens (tertiary/aromatic N) is 1. The fourth-order valence-electron chi connectivity index (χ4n) is 3.93. The zero-order chi connectivity index (χ0) is 25.5. The summed E-state index contributed by atoms with van der Waals surface area (Å²) < 4.78 is 14.1. The summed E-state index contributed by atoms with van der Waals surface area (Å²) >= 11 is 0. The Morgan fingerprint density at radius 2 is 1.58 bits per heavy atom. The molecule has 0 bridgehead atoms. The van der Waals surface area contributed by atoms with Gasteiger partial charge >= 0.3 is 0 Å². The van der Waals surface area contributed by atoms with Gasteiger partial charge in [-0.1, -0.05) is 41.5 Å². The van der Waals surface area contributed by atoms with E-state index >= 15 is 0 Å². The first-order valence-corrected chi connectivity index (χ1v) is 13.6. The molecule has 3 atom stereocenters. The molecule has 0 spiro atoms. The Morgan fingerprint density at radius 1 is 1.00 bits per heavy atom. The smallest absolute Gasteiger partial charge is 0.242 e. The Morgan fingerprint density at radius 3 is 2.06 bits per heavy atom. The minimum absolute atomic E-state index is 0.0790. The molecule has 1 heterocycles. The van der Waals surface area contributed by atoms with Crippen LogP contribution in [-0.4, -0.2) is 50.7 Å². The zero-order valence-corrected chi connectivity index (χ0v) is 21.9. The van der Waals surface area contributed by atoms with Crippen molar-refractivity contribution in [3.05, 3.63) is 11.6 Å². The Hall–Kier alpha value is -1.99. The topological polar surface area (TPSA) is 141 Å². The fourth-order valence-corrected chi connectivity index (χ4v) is 5.77. The number of carbonyl (C=O) groups is 2. The molecule has 0 aliphatic rings. The van der Waals surface area contributed by atoms with Crippen molar-refractivity contribution in [2.75, 3.05) is 13.2 Å². The molecule has 190 valence electrons. The molecule has 2 unspecified atom stereocenters. The van der Waals surface area contributed by atoms with E-state index in [-0.39, 0.29) is 41.6 Å². The predicted octanol–water partition coefficient (Wildman–Crippen LogP) is 3.26. The first kappa shape index (κ1) is 29.0. The third kappa shape index (κ3) is 9.41. The lowest BCUT2D eigenvalue weighted by molar-refractivity contribution is -0.131. The Labute approximate surface area is 197 Å². The van der Waals surface area contributed by atoms with Crippen molar-refractivity contribution >= 4 is 19.2 Å². The van der Waals surface area contributed by atoms with Crippen molar-refractivity contribution in [3.63, 3.8) is 0 Å². The monoisotopic (exact) mass is 487 g/mol. The molecule has 5 N–H and O–H groups in total. The number of amides is 2. The minimum atomic E-state index is -3.98. The summed E-state index contributed by atoms with van der Waals surface area (Å²) in [4.78, 5) is 36.0. The molecule has 1 rings (SSSR count). The number of nitrogens with one attached hydrogen (secondary N) is 2. The summed E-state index contributed by atoms with van der Waals surface area (Å²) in [5, 5.41) is 26.0. The van der Waals surface area contributed by atoms with E-state index in [1.54, 1.807) is 0 Å². The van der Waals surface area contributed by atoms with E-state index in [0.717, 1.165) is 4.57 Å². The highest BCUT2D eigenvalue weighted by Gasteiger charge is 2.33. The van der Waals surface area contributed by atoms with E-state index < -0.39 is 31.5 Å². The molecule has 2 amide bonds. The van der Waals surface area contributed by atoms with Gasteiger partial charge in [0, 0.05) is 30.8 Å². The highest BCUT2D eigenvalue weighted by atomic mass is 31.2. The first-order chi connectivity index (χ1) is 15.2. The van der Waals surface area contributed by atoms with E-state index in [0.29, 0.717) is 24.8 Å². The second-order valence-corrected chi connectivity index (χ2v) is 12.5. The number of likely N-dealkylation sites (N-methyl/N-ethyl adjacent to an activating group) is 1. The maximum Gasteiger partial charge on any atom is 0.242 e. The van der Waals surface area contributed by atoms with Gasteiger partial charge in [0.1, 0.15) is 12.3 Å². The molecule has 1 aromatic rings. The number of carbonyl (C=O) groups excluding carboxylic acids is 2. The van der Waals surface area contributed by atoms with Crippen LogP contribution >= 0.6 is 7.37 Å². The molecule has 1 aromatic heterocycles. The third-order valence-electron chi connectivity index (χ3n) is 5.33. The zero-order valence-electron chi connectivity index (χ0n) is 21.0. The summed E-state index contributed by atoms with van der Waals surface area (Å²) in [6.07, 6.45) is 0.490. The van der Waals surface area contributed by atoms with Crippen LogP contribution in [0.4, 0.5) is 0 Å². The van der Waals surface area contributed by atoms with Gasteiger partial charge in [-0.25, -0.2) is 0 Å². The molecule has 0 radical (unpaired) electrons. The number of hydrogen-bond donors (Lipinski definition) is 5. The molecule has 0 aromatic carbocycles. The highest BCUT2D eigenvalue weighted by molar-refractivity contribution is 7.56. The number of aromatic nitrogens is 1. The van der Waals surface area contributed by atoms with Crippen LogP contribution in [0.2, 0.25) is 0 Å². The summed E-state index contributed by atoms with van der Waals surface area (Å²) in [5.74, 6) is -1.62. The van der Waals surface area contributed by atoms with Crippen LogP contribution in [0.15, 0.2) is 6.07 Å². The van der Waals surface area contributed by atoms with Crippen molar-refractivity contribution in [1.82, 2.24) is 15.2 Å². The van der Waals surface area contributed by atoms with E-state index in [9.17, 15) is 29.3 Å². The predicted molar refractivity (Wildman–Crippen MR) is 129 cm³/mol. The van der Waals surface area contributed by atoms with Crippen molar-refractivity contribution in [2.45, 2.75) is 73.1 Å². The van der Waals surface area contributed by atoms with Crippen molar-refractivity contribution in [3.8, 4) is 11.8 Å². The SMILES string of the molecule is CNC(=O)[C@H](CC(C)C)NC(=O)C(CC(C)C)CP(=O)(O)Cn1c(O)cc(CC(C)C)c1O. The molecule has 0 aliphatic carbocycles. The van der Waals surface area contributed by atoms with Gasteiger partial charge in [0.05, 0.1) is 0 Å². The van der Waals surface area contributed by atoms with E-state index in [4.69, 9.17) is 0 Å². The second-order valence-electron chi connectivity index (χ2n) is 10.2. The summed E-state index contributed by atoms with van der Waals surface area (Å²) in [6, 6.07) is 0.666. The van der Waals surface area contributed by atoms with Gasteiger partial charge in [-0.3, -0.25) is 18.7 Å². The molecule has 0 fully saturated rings. The lowest BCUT2D eigenvalue weighted by Crippen LogP contribution is -2.48. The lowest BCUT2D eigenvalue weighted by Gasteiger charge is -2.25. The Kier molecular flexibility index (Phi) is 11.0. The summed E-state index contributed by atoms with van der Waals surface area (Å²) in [6.45, 7) is 11.6. The second kappa shape index (κ2) is 12.5. The van der Waals surface area contributed by atoms with Gasteiger partial charge < -0.3 is 25.7 Å². The van der Waals surface area contributed by atoms with Gasteiger partial charge in [-0.2, -0.15) is 0 Å². The quantitative estimate of drug-likeness (QED) is 0.271. The number of hydrogen-bond acceptors (Lipinski definition) is 5. The molecule has 0 saturated carbocycles. The normalized spacial score (nSPS) is 15.5. The maximum atomic E-state index is 13.1. The molecular weight excluding hydrogens is 445 g/mol. The van der Waals surface area contributed by atoms with E-state index in [1.807, 2.05) is 41.5 Å². The largest absolute Gasteiger partial charge is 0.494 e. The van der Waals surface area contributed by atoms with E-state index in [2.05, 4.69) is 10.6 Å². The average Bonchev–Trinajstić information content (AvgIpc) is 2.91. The van der Waals surface area contributed by atoms with Crippen LogP contribution in [0.25, 0.3) is 0 Å². The van der Waals surface area contributed by atoms with Crippen molar-refractivity contribution in [2.24, 2.45) is 23.7 Å². The van der Waals surface area contributed by atoms with Gasteiger partial charge in [-0.15, -0.1) is 0 Å². The Balaban J connectivity index is 3.07. The maximum absolute atomic E-state index is 13.1. The summed E-state index contributed by atoms with van der Waals surface area (Å²) in [5.41, 5.74) is 0.501. The van der Waals surface area contributed by atoms with Gasteiger partial charge in [0.2, 0.25) is 19.2 Å². The van der Waals surface area contributed by atoms with Crippen LogP contribution < -0.4 is 10.6 Å². The highest BCUT2D eigenvalue weighted by Crippen LogP contribution is 2.48. The molecule has 33 heavy (non-hydrogen) atoms. The molecule has 0 aliphatic heterocycles. The molecular formula is C23H42N3O6P. The standard InChI is InChI=1S/C23H42N3O6P/c1-14(2)8-17-11-20(27)26(23(17)30)13-33(31,32)12-18(9-15(3)4)21(28)25-19(10-16(5)6)22(29)24-7/h11,14-16,18-19,27,30H,8-10,12-13H2,1-7H3,(H,24,29)(H,25,28)(H,31,32)/t18?,19-/m0/s1.